The molecule has 3 nitrogen and oxygen atoms in total. The topological polar surface area (TPSA) is 35.5 Å². The SMILES string of the molecule is COc1ccc(-c2ccc3c(c2)OC(=O)C3)cc1. The zero-order valence-corrected chi connectivity index (χ0v) is 9.97. The fourth-order valence-corrected chi connectivity index (χ4v) is 2.07. The summed E-state index contributed by atoms with van der Waals surface area (Å²) in [6, 6.07) is 13.6. The minimum atomic E-state index is -0.183. The Morgan fingerprint density at radius 1 is 1.06 bits per heavy atom. The van der Waals surface area contributed by atoms with Crippen LogP contribution in [0.5, 0.6) is 11.5 Å². The van der Waals surface area contributed by atoms with Crippen LogP contribution in [0.25, 0.3) is 11.1 Å². The summed E-state index contributed by atoms with van der Waals surface area (Å²) in [6.45, 7) is 0. The Labute approximate surface area is 105 Å². The van der Waals surface area contributed by atoms with Crippen LogP contribution in [-0.4, -0.2) is 13.1 Å². The normalized spacial score (nSPS) is 13.1. The summed E-state index contributed by atoms with van der Waals surface area (Å²) < 4.78 is 10.3. The highest BCUT2D eigenvalue weighted by molar-refractivity contribution is 5.82. The molecule has 2 aromatic carbocycles. The second kappa shape index (κ2) is 4.18. The van der Waals surface area contributed by atoms with E-state index in [4.69, 9.17) is 9.47 Å². The zero-order valence-electron chi connectivity index (χ0n) is 9.97. The monoisotopic (exact) mass is 240 g/mol. The number of hydrogen-bond donors (Lipinski definition) is 0. The highest BCUT2D eigenvalue weighted by Crippen LogP contribution is 2.32. The number of rotatable bonds is 2. The molecule has 0 N–H and O–H groups in total. The van der Waals surface area contributed by atoms with Gasteiger partial charge in [-0.15, -0.1) is 0 Å². The van der Waals surface area contributed by atoms with Gasteiger partial charge >= 0.3 is 5.97 Å². The van der Waals surface area contributed by atoms with E-state index in [1.807, 2.05) is 42.5 Å². The van der Waals surface area contributed by atoms with Gasteiger partial charge in [-0.3, -0.25) is 4.79 Å². The highest BCUT2D eigenvalue weighted by atomic mass is 16.5. The summed E-state index contributed by atoms with van der Waals surface area (Å²) in [5.74, 6) is 1.32. The van der Waals surface area contributed by atoms with Crippen LogP contribution in [0.2, 0.25) is 0 Å². The summed E-state index contributed by atoms with van der Waals surface area (Å²) in [5, 5.41) is 0. The predicted molar refractivity (Wildman–Crippen MR) is 67.8 cm³/mol. The van der Waals surface area contributed by atoms with Crippen LogP contribution in [0, 0.1) is 0 Å². The Hall–Kier alpha value is -2.29. The average Bonchev–Trinajstić information content (AvgIpc) is 2.78. The second-order valence-corrected chi connectivity index (χ2v) is 4.20. The molecule has 1 heterocycles. The summed E-state index contributed by atoms with van der Waals surface area (Å²) in [4.78, 5) is 11.2. The molecule has 0 saturated heterocycles. The van der Waals surface area contributed by atoms with E-state index >= 15 is 0 Å². The van der Waals surface area contributed by atoms with Gasteiger partial charge in [-0.05, 0) is 29.3 Å². The van der Waals surface area contributed by atoms with Crippen molar-refractivity contribution in [1.82, 2.24) is 0 Å². The number of benzene rings is 2. The van der Waals surface area contributed by atoms with Crippen molar-refractivity contribution >= 4 is 5.97 Å². The molecule has 3 rings (SSSR count). The molecular formula is C15H12O3. The van der Waals surface area contributed by atoms with E-state index in [0.717, 1.165) is 22.4 Å². The number of hydrogen-bond acceptors (Lipinski definition) is 3. The van der Waals surface area contributed by atoms with Crippen LogP contribution in [-0.2, 0) is 11.2 Å². The van der Waals surface area contributed by atoms with Crippen molar-refractivity contribution in [2.24, 2.45) is 0 Å². The maximum absolute atomic E-state index is 11.2. The Balaban J connectivity index is 1.97. The van der Waals surface area contributed by atoms with Gasteiger partial charge in [0.05, 0.1) is 13.5 Å². The smallest absolute Gasteiger partial charge is 0.315 e. The number of methoxy groups -OCH3 is 1. The molecule has 0 spiro atoms. The largest absolute Gasteiger partial charge is 0.497 e. The van der Waals surface area contributed by atoms with Crippen LogP contribution in [0.4, 0.5) is 0 Å². The van der Waals surface area contributed by atoms with Crippen molar-refractivity contribution in [2.45, 2.75) is 6.42 Å². The maximum atomic E-state index is 11.2. The van der Waals surface area contributed by atoms with Gasteiger partial charge in [0, 0.05) is 5.56 Å². The van der Waals surface area contributed by atoms with E-state index in [9.17, 15) is 4.79 Å². The first-order valence-electron chi connectivity index (χ1n) is 5.74. The number of ether oxygens (including phenoxy) is 2. The van der Waals surface area contributed by atoms with Gasteiger partial charge in [0.2, 0.25) is 0 Å². The lowest BCUT2D eigenvalue weighted by Gasteiger charge is -2.05. The maximum Gasteiger partial charge on any atom is 0.315 e. The molecule has 0 aromatic heterocycles. The number of fused-ring (bicyclic) bond motifs is 1. The molecule has 0 unspecified atom stereocenters. The van der Waals surface area contributed by atoms with E-state index in [0.29, 0.717) is 12.2 Å². The standard InChI is InChI=1S/C15H12O3/c1-17-13-6-4-10(5-7-13)11-2-3-12-9-15(16)18-14(12)8-11/h2-8H,9H2,1H3. The lowest BCUT2D eigenvalue weighted by Crippen LogP contribution is -2.00. The van der Waals surface area contributed by atoms with Crippen molar-refractivity contribution in [3.8, 4) is 22.6 Å². The summed E-state index contributed by atoms with van der Waals surface area (Å²) in [6.07, 6.45) is 0.373. The molecule has 1 aliphatic heterocycles. The van der Waals surface area contributed by atoms with E-state index < -0.39 is 0 Å². The summed E-state index contributed by atoms with van der Waals surface area (Å²) in [5.41, 5.74) is 3.06. The van der Waals surface area contributed by atoms with Crippen LogP contribution in [0.1, 0.15) is 5.56 Å². The molecule has 2 aromatic rings. The van der Waals surface area contributed by atoms with Gasteiger partial charge < -0.3 is 9.47 Å². The third-order valence-electron chi connectivity index (χ3n) is 3.05. The Kier molecular flexibility index (Phi) is 2.52. The average molecular weight is 240 g/mol. The number of esters is 1. The molecule has 90 valence electrons. The minimum absolute atomic E-state index is 0.183. The van der Waals surface area contributed by atoms with E-state index in [1.54, 1.807) is 7.11 Å². The van der Waals surface area contributed by atoms with Crippen LogP contribution in [0.3, 0.4) is 0 Å². The minimum Gasteiger partial charge on any atom is -0.497 e. The second-order valence-electron chi connectivity index (χ2n) is 4.20. The predicted octanol–water partition coefficient (Wildman–Crippen LogP) is 2.82. The molecule has 0 bridgehead atoms. The van der Waals surface area contributed by atoms with Crippen molar-refractivity contribution in [1.29, 1.82) is 0 Å². The molecule has 0 saturated carbocycles. The Morgan fingerprint density at radius 2 is 1.78 bits per heavy atom. The fraction of sp³-hybridized carbons (Fsp3) is 0.133. The van der Waals surface area contributed by atoms with Crippen LogP contribution < -0.4 is 9.47 Å². The third-order valence-corrected chi connectivity index (χ3v) is 3.05. The molecule has 0 atom stereocenters. The van der Waals surface area contributed by atoms with Crippen LogP contribution >= 0.6 is 0 Å². The molecule has 0 fully saturated rings. The summed E-state index contributed by atoms with van der Waals surface area (Å²) >= 11 is 0. The van der Waals surface area contributed by atoms with E-state index in [-0.39, 0.29) is 5.97 Å². The van der Waals surface area contributed by atoms with Gasteiger partial charge in [0.1, 0.15) is 11.5 Å². The van der Waals surface area contributed by atoms with Gasteiger partial charge in [-0.25, -0.2) is 0 Å². The van der Waals surface area contributed by atoms with Gasteiger partial charge in [-0.2, -0.15) is 0 Å². The lowest BCUT2D eigenvalue weighted by molar-refractivity contribution is -0.131. The van der Waals surface area contributed by atoms with Gasteiger partial charge in [0.25, 0.3) is 0 Å². The Bertz CT molecular complexity index is 600. The first-order valence-corrected chi connectivity index (χ1v) is 5.74. The molecule has 1 aliphatic rings. The molecule has 0 amide bonds. The van der Waals surface area contributed by atoms with Crippen molar-refractivity contribution in [3.63, 3.8) is 0 Å². The zero-order chi connectivity index (χ0) is 12.5. The highest BCUT2D eigenvalue weighted by Gasteiger charge is 2.20. The number of carbonyl (C=O) groups is 1. The third kappa shape index (κ3) is 1.84. The fourth-order valence-electron chi connectivity index (χ4n) is 2.07. The Morgan fingerprint density at radius 3 is 2.50 bits per heavy atom. The lowest BCUT2D eigenvalue weighted by atomic mass is 10.0. The molecular weight excluding hydrogens is 228 g/mol. The molecule has 0 radical (unpaired) electrons. The van der Waals surface area contributed by atoms with Gasteiger partial charge in [0.15, 0.2) is 0 Å². The molecule has 0 aliphatic carbocycles. The van der Waals surface area contributed by atoms with Crippen molar-refractivity contribution in [3.05, 3.63) is 48.0 Å². The van der Waals surface area contributed by atoms with Crippen molar-refractivity contribution in [2.75, 3.05) is 7.11 Å². The first-order chi connectivity index (χ1) is 8.76. The van der Waals surface area contributed by atoms with Crippen molar-refractivity contribution < 1.29 is 14.3 Å². The van der Waals surface area contributed by atoms with Gasteiger partial charge in [-0.1, -0.05) is 24.3 Å². The first kappa shape index (κ1) is 10.8. The summed E-state index contributed by atoms with van der Waals surface area (Å²) in [7, 11) is 1.64. The quantitative estimate of drug-likeness (QED) is 0.598. The molecule has 18 heavy (non-hydrogen) atoms. The molecule has 3 heteroatoms. The van der Waals surface area contributed by atoms with E-state index in [2.05, 4.69) is 0 Å². The van der Waals surface area contributed by atoms with Crippen LogP contribution in [0.15, 0.2) is 42.5 Å². The van der Waals surface area contributed by atoms with E-state index in [1.165, 1.54) is 0 Å². The number of carbonyl (C=O) groups excluding carboxylic acids is 1.